The molecule has 1 fully saturated rings. The van der Waals surface area contributed by atoms with Crippen LogP contribution in [0.15, 0.2) is 78.4 Å². The molecule has 0 atom stereocenters. The second-order valence-corrected chi connectivity index (χ2v) is 9.13. The number of anilines is 1. The Balaban J connectivity index is 1.39. The molecule has 2 aromatic heterocycles. The summed E-state index contributed by atoms with van der Waals surface area (Å²) in [5.74, 6) is 0. The van der Waals surface area contributed by atoms with Gasteiger partial charge in [-0.3, -0.25) is 4.57 Å². The van der Waals surface area contributed by atoms with Crippen LogP contribution in [0.3, 0.4) is 0 Å². The van der Waals surface area contributed by atoms with E-state index in [0.717, 1.165) is 73.6 Å². The van der Waals surface area contributed by atoms with Crippen molar-refractivity contribution in [2.45, 2.75) is 13.0 Å². The summed E-state index contributed by atoms with van der Waals surface area (Å²) in [4.78, 5) is 25.0. The van der Waals surface area contributed by atoms with Crippen LogP contribution in [0.2, 0.25) is 0 Å². The van der Waals surface area contributed by atoms with Crippen molar-refractivity contribution in [2.24, 2.45) is 5.73 Å². The molecule has 4 aromatic rings. The molecule has 36 heavy (non-hydrogen) atoms. The van der Waals surface area contributed by atoms with Crippen molar-refractivity contribution >= 4 is 16.7 Å². The summed E-state index contributed by atoms with van der Waals surface area (Å²) in [7, 11) is 0. The lowest BCUT2D eigenvalue weighted by molar-refractivity contribution is 0.366. The smallest absolute Gasteiger partial charge is 0.354 e. The quantitative estimate of drug-likeness (QED) is 0.339. The van der Waals surface area contributed by atoms with Crippen molar-refractivity contribution < 1.29 is 0 Å². The number of rotatable bonds is 9. The van der Waals surface area contributed by atoms with Gasteiger partial charge in [-0.1, -0.05) is 30.8 Å². The first-order valence-corrected chi connectivity index (χ1v) is 12.5. The molecule has 4 N–H and O–H groups in total. The molecule has 0 amide bonds. The summed E-state index contributed by atoms with van der Waals surface area (Å²) < 4.78 is 1.60. The highest BCUT2D eigenvalue weighted by molar-refractivity contribution is 5.83. The molecule has 2 aromatic carbocycles. The summed E-state index contributed by atoms with van der Waals surface area (Å²) in [6.45, 7) is 10.2. The van der Waals surface area contributed by atoms with Gasteiger partial charge in [-0.25, -0.2) is 4.79 Å². The molecule has 0 saturated carbocycles. The van der Waals surface area contributed by atoms with Crippen molar-refractivity contribution in [2.75, 3.05) is 44.2 Å². The van der Waals surface area contributed by atoms with Gasteiger partial charge in [-0.15, -0.1) is 0 Å². The highest BCUT2D eigenvalue weighted by Gasteiger charge is 2.13. The number of aromatic nitrogens is 3. The Labute approximate surface area is 211 Å². The Kier molecular flexibility index (Phi) is 7.16. The number of hydrogen-bond acceptors (Lipinski definition) is 6. The van der Waals surface area contributed by atoms with E-state index in [1.54, 1.807) is 4.57 Å². The van der Waals surface area contributed by atoms with E-state index in [9.17, 15) is 4.79 Å². The van der Waals surface area contributed by atoms with Crippen LogP contribution in [0.4, 0.5) is 5.69 Å². The zero-order valence-electron chi connectivity index (χ0n) is 20.5. The van der Waals surface area contributed by atoms with Gasteiger partial charge in [-0.05, 0) is 55.1 Å². The van der Waals surface area contributed by atoms with E-state index >= 15 is 0 Å². The maximum Gasteiger partial charge on any atom is 0.354 e. The van der Waals surface area contributed by atoms with Crippen molar-refractivity contribution in [3.8, 4) is 16.9 Å². The van der Waals surface area contributed by atoms with Crippen LogP contribution in [0, 0.1) is 0 Å². The number of hydrogen-bond donors (Lipinski definition) is 3. The van der Waals surface area contributed by atoms with Crippen molar-refractivity contribution in [1.29, 1.82) is 0 Å². The van der Waals surface area contributed by atoms with Crippen LogP contribution in [0.1, 0.15) is 12.0 Å². The number of nitrogens with two attached hydrogens (primary N) is 1. The van der Waals surface area contributed by atoms with Crippen LogP contribution >= 0.6 is 0 Å². The van der Waals surface area contributed by atoms with Gasteiger partial charge in [-0.2, -0.15) is 4.98 Å². The molecular weight excluding hydrogens is 450 g/mol. The third-order valence-electron chi connectivity index (χ3n) is 6.66. The largest absolute Gasteiger partial charge is 0.374 e. The van der Waals surface area contributed by atoms with Crippen LogP contribution in [0.5, 0.6) is 0 Å². The number of H-pyrrole nitrogens is 1. The Morgan fingerprint density at radius 1 is 1.08 bits per heavy atom. The number of nitrogens with zero attached hydrogens (tertiary/aromatic N) is 4. The highest BCUT2D eigenvalue weighted by Crippen LogP contribution is 2.27. The van der Waals surface area contributed by atoms with E-state index in [1.807, 2.05) is 36.7 Å². The molecule has 0 bridgehead atoms. The number of nitrogens with one attached hydrogen (secondary N) is 2. The van der Waals surface area contributed by atoms with Crippen molar-refractivity contribution in [3.63, 3.8) is 0 Å². The van der Waals surface area contributed by atoms with Gasteiger partial charge in [0.1, 0.15) is 5.65 Å². The summed E-state index contributed by atoms with van der Waals surface area (Å²) in [6.07, 6.45) is 4.62. The van der Waals surface area contributed by atoms with Gasteiger partial charge in [0.05, 0.1) is 5.69 Å². The first kappa shape index (κ1) is 23.8. The molecule has 186 valence electrons. The first-order valence-electron chi connectivity index (χ1n) is 12.5. The molecular formula is C28H33N7O. The minimum absolute atomic E-state index is 0.311. The molecule has 1 aliphatic rings. The second-order valence-electron chi connectivity index (χ2n) is 9.13. The minimum atomic E-state index is -0.311. The average Bonchev–Trinajstić information content (AvgIpc) is 3.34. The summed E-state index contributed by atoms with van der Waals surface area (Å²) >= 11 is 0. The third kappa shape index (κ3) is 5.19. The SMILES string of the molecule is C=CN(CCCN)Cc1ccc(-n2cc3cc(-c4cccc(N5CCNCC5)c4)[nH]c3nc2=O)cc1. The Hall–Kier alpha value is -3.88. The molecule has 1 saturated heterocycles. The lowest BCUT2D eigenvalue weighted by Gasteiger charge is -2.29. The van der Waals surface area contributed by atoms with E-state index in [2.05, 4.69) is 62.0 Å². The summed E-state index contributed by atoms with van der Waals surface area (Å²) in [5, 5.41) is 4.29. The van der Waals surface area contributed by atoms with Crippen molar-refractivity contribution in [1.82, 2.24) is 24.8 Å². The monoisotopic (exact) mass is 483 g/mol. The van der Waals surface area contributed by atoms with Gasteiger partial charge < -0.3 is 25.8 Å². The summed E-state index contributed by atoms with van der Waals surface area (Å²) in [6, 6.07) is 18.6. The molecule has 5 rings (SSSR count). The number of piperazine rings is 1. The Bertz CT molecular complexity index is 1380. The van der Waals surface area contributed by atoms with Crippen LogP contribution < -0.4 is 21.6 Å². The van der Waals surface area contributed by atoms with E-state index in [4.69, 9.17) is 5.73 Å². The third-order valence-corrected chi connectivity index (χ3v) is 6.66. The number of aromatic amines is 1. The fourth-order valence-electron chi connectivity index (χ4n) is 4.65. The van der Waals surface area contributed by atoms with Crippen LogP contribution in [0.25, 0.3) is 28.0 Å². The van der Waals surface area contributed by atoms with E-state index < -0.39 is 0 Å². The minimum Gasteiger partial charge on any atom is -0.374 e. The normalized spacial score (nSPS) is 13.8. The fourth-order valence-corrected chi connectivity index (χ4v) is 4.65. The van der Waals surface area contributed by atoms with Gasteiger partial charge in [0.15, 0.2) is 0 Å². The molecule has 8 heteroatoms. The first-order chi connectivity index (χ1) is 17.6. The van der Waals surface area contributed by atoms with E-state index in [0.29, 0.717) is 12.2 Å². The molecule has 0 spiro atoms. The number of benzene rings is 2. The van der Waals surface area contributed by atoms with Crippen LogP contribution in [-0.4, -0.2) is 58.7 Å². The van der Waals surface area contributed by atoms with E-state index in [-0.39, 0.29) is 5.69 Å². The zero-order valence-corrected chi connectivity index (χ0v) is 20.5. The molecule has 3 heterocycles. The molecule has 0 aliphatic carbocycles. The topological polar surface area (TPSA) is 95.2 Å². The number of fused-ring (bicyclic) bond motifs is 1. The lowest BCUT2D eigenvalue weighted by Crippen LogP contribution is -2.43. The highest BCUT2D eigenvalue weighted by atomic mass is 16.1. The summed E-state index contributed by atoms with van der Waals surface area (Å²) in [5.41, 5.74) is 11.1. The molecule has 1 aliphatic heterocycles. The second kappa shape index (κ2) is 10.8. The zero-order chi connectivity index (χ0) is 24.9. The maximum absolute atomic E-state index is 12.9. The van der Waals surface area contributed by atoms with E-state index in [1.165, 1.54) is 5.69 Å². The standard InChI is InChI=1S/C28H33N7O/c1-2-33(14-4-11-29)19-21-7-9-24(10-8-21)35-20-23-18-26(31-27(23)32-28(35)36)22-5-3-6-25(17-22)34-15-12-30-13-16-34/h2-3,5-10,17-18,20,30H,1,4,11-16,19,29H2,(H,31,32,36). The molecule has 0 unspecified atom stereocenters. The predicted molar refractivity (Wildman–Crippen MR) is 146 cm³/mol. The Morgan fingerprint density at radius 3 is 2.64 bits per heavy atom. The predicted octanol–water partition coefficient (Wildman–Crippen LogP) is 3.08. The lowest BCUT2D eigenvalue weighted by atomic mass is 10.1. The van der Waals surface area contributed by atoms with Gasteiger partial charge in [0.2, 0.25) is 0 Å². The Morgan fingerprint density at radius 2 is 1.89 bits per heavy atom. The maximum atomic E-state index is 12.9. The van der Waals surface area contributed by atoms with Crippen molar-refractivity contribution in [3.05, 3.63) is 89.6 Å². The average molecular weight is 484 g/mol. The fraction of sp³-hybridized carbons (Fsp3) is 0.286. The van der Waals surface area contributed by atoms with Gasteiger partial charge >= 0.3 is 5.69 Å². The molecule has 0 radical (unpaired) electrons. The molecule has 8 nitrogen and oxygen atoms in total. The van der Waals surface area contributed by atoms with Crippen LogP contribution in [-0.2, 0) is 6.54 Å². The van der Waals surface area contributed by atoms with Gasteiger partial charge in [0, 0.05) is 67.8 Å². The van der Waals surface area contributed by atoms with Gasteiger partial charge in [0.25, 0.3) is 0 Å².